The first-order chi connectivity index (χ1) is 6.67. The predicted molar refractivity (Wildman–Crippen MR) is 44.7 cm³/mol. The van der Waals surface area contributed by atoms with Gasteiger partial charge in [0.2, 0.25) is 5.71 Å². The number of aromatic nitrogens is 1. The van der Waals surface area contributed by atoms with Gasteiger partial charge in [-0.1, -0.05) is 10.3 Å². The highest BCUT2D eigenvalue weighted by Gasteiger charge is 2.13. The molecule has 0 aliphatic rings. The average Bonchev–Trinajstić information content (AvgIpc) is 2.53. The van der Waals surface area contributed by atoms with E-state index < -0.39 is 11.6 Å². The molecule has 0 aromatic carbocycles. The van der Waals surface area contributed by atoms with E-state index >= 15 is 0 Å². The van der Waals surface area contributed by atoms with E-state index in [0.29, 0.717) is 5.76 Å². The first kappa shape index (κ1) is 9.73. The van der Waals surface area contributed by atoms with Crippen LogP contribution in [0.2, 0.25) is 0 Å². The summed E-state index contributed by atoms with van der Waals surface area (Å²) in [5, 5.41) is 24.7. The zero-order chi connectivity index (χ0) is 10.6. The van der Waals surface area contributed by atoms with Gasteiger partial charge in [-0.15, -0.1) is 0 Å². The van der Waals surface area contributed by atoms with E-state index in [0.717, 1.165) is 0 Å². The monoisotopic (exact) mass is 194 g/mol. The van der Waals surface area contributed by atoms with E-state index in [4.69, 9.17) is 10.5 Å². The van der Waals surface area contributed by atoms with Gasteiger partial charge in [0.15, 0.2) is 5.82 Å². The van der Waals surface area contributed by atoms with Gasteiger partial charge >= 0.3 is 0 Å². The van der Waals surface area contributed by atoms with E-state index in [1.165, 1.54) is 12.1 Å². The van der Waals surface area contributed by atoms with Gasteiger partial charge in [-0.2, -0.15) is 5.26 Å². The largest absolute Gasteiger partial charge is 0.410 e. The van der Waals surface area contributed by atoms with Crippen LogP contribution in [-0.2, 0) is 4.79 Å². The first-order valence-corrected chi connectivity index (χ1v) is 3.54. The highest BCUT2D eigenvalue weighted by Crippen LogP contribution is 2.06. The molecular formula is C7H6N4O3. The number of carbonyl (C=O) groups is 1. The molecule has 1 aromatic rings. The maximum atomic E-state index is 11.1. The van der Waals surface area contributed by atoms with Gasteiger partial charge in [-0.05, 0) is 6.92 Å². The van der Waals surface area contributed by atoms with E-state index in [-0.39, 0.29) is 5.82 Å². The number of nitriles is 1. The zero-order valence-corrected chi connectivity index (χ0v) is 7.18. The van der Waals surface area contributed by atoms with Crippen molar-refractivity contribution in [2.75, 3.05) is 5.32 Å². The van der Waals surface area contributed by atoms with Crippen LogP contribution in [0.4, 0.5) is 5.82 Å². The average molecular weight is 194 g/mol. The first-order valence-electron chi connectivity index (χ1n) is 3.54. The van der Waals surface area contributed by atoms with Crippen LogP contribution in [0.3, 0.4) is 0 Å². The summed E-state index contributed by atoms with van der Waals surface area (Å²) in [6.07, 6.45) is 0. The summed E-state index contributed by atoms with van der Waals surface area (Å²) in [6.45, 7) is 1.65. The van der Waals surface area contributed by atoms with Crippen molar-refractivity contribution in [3.8, 4) is 6.07 Å². The number of oxime groups is 1. The molecule has 0 radical (unpaired) electrons. The van der Waals surface area contributed by atoms with Gasteiger partial charge in [-0.25, -0.2) is 0 Å². The van der Waals surface area contributed by atoms with E-state index in [9.17, 15) is 4.79 Å². The molecule has 0 bridgehead atoms. The molecule has 0 fully saturated rings. The number of aryl methyl sites for hydroxylation is 1. The maximum Gasteiger partial charge on any atom is 0.289 e. The smallest absolute Gasteiger partial charge is 0.289 e. The lowest BCUT2D eigenvalue weighted by atomic mass is 10.4. The molecule has 0 spiro atoms. The number of hydrogen-bond donors (Lipinski definition) is 2. The molecule has 1 amide bonds. The van der Waals surface area contributed by atoms with Crippen molar-refractivity contribution in [2.45, 2.75) is 6.92 Å². The van der Waals surface area contributed by atoms with Crippen LogP contribution in [0.15, 0.2) is 15.7 Å². The predicted octanol–water partition coefficient (Wildman–Crippen LogP) is 0.275. The zero-order valence-electron chi connectivity index (χ0n) is 7.18. The Morgan fingerprint density at radius 1 is 1.86 bits per heavy atom. The Morgan fingerprint density at radius 2 is 2.57 bits per heavy atom. The number of nitrogens with one attached hydrogen (secondary N) is 1. The quantitative estimate of drug-likeness (QED) is 0.398. The summed E-state index contributed by atoms with van der Waals surface area (Å²) >= 11 is 0. The van der Waals surface area contributed by atoms with Crippen LogP contribution in [0.5, 0.6) is 0 Å². The molecule has 14 heavy (non-hydrogen) atoms. The van der Waals surface area contributed by atoms with Crippen molar-refractivity contribution < 1.29 is 14.5 Å². The Hall–Kier alpha value is -2.36. The minimum Gasteiger partial charge on any atom is -0.410 e. The molecule has 0 atom stereocenters. The Balaban J connectivity index is 2.72. The minimum absolute atomic E-state index is 0.156. The second-order valence-corrected chi connectivity index (χ2v) is 2.34. The number of hydrogen-bond acceptors (Lipinski definition) is 6. The highest BCUT2D eigenvalue weighted by molar-refractivity contribution is 6.48. The summed E-state index contributed by atoms with van der Waals surface area (Å²) in [5.41, 5.74) is -0.648. The molecule has 0 saturated carbocycles. The Labute approximate surface area is 78.6 Å². The lowest BCUT2D eigenvalue weighted by Gasteiger charge is -1.94. The van der Waals surface area contributed by atoms with Crippen LogP contribution in [0, 0.1) is 18.3 Å². The van der Waals surface area contributed by atoms with E-state index in [1.807, 2.05) is 0 Å². The fraction of sp³-hybridized carbons (Fsp3) is 0.143. The van der Waals surface area contributed by atoms with Crippen molar-refractivity contribution >= 4 is 17.4 Å². The van der Waals surface area contributed by atoms with Crippen LogP contribution in [-0.4, -0.2) is 22.0 Å². The van der Waals surface area contributed by atoms with Crippen molar-refractivity contribution in [1.82, 2.24) is 5.16 Å². The van der Waals surface area contributed by atoms with Crippen LogP contribution in [0.1, 0.15) is 5.76 Å². The molecule has 1 aromatic heterocycles. The molecule has 0 aliphatic heterocycles. The molecular weight excluding hydrogens is 188 g/mol. The molecule has 7 nitrogen and oxygen atoms in total. The van der Waals surface area contributed by atoms with Crippen LogP contribution < -0.4 is 5.32 Å². The third-order valence-corrected chi connectivity index (χ3v) is 1.29. The van der Waals surface area contributed by atoms with E-state index in [2.05, 4.69) is 20.2 Å². The summed E-state index contributed by atoms with van der Waals surface area (Å²) in [6, 6.07) is 2.87. The Morgan fingerprint density at radius 3 is 3.00 bits per heavy atom. The molecule has 72 valence electrons. The van der Waals surface area contributed by atoms with Crippen molar-refractivity contribution in [3.05, 3.63) is 11.8 Å². The van der Waals surface area contributed by atoms with Crippen LogP contribution in [0.25, 0.3) is 0 Å². The summed E-state index contributed by atoms with van der Waals surface area (Å²) < 4.78 is 4.66. The van der Waals surface area contributed by atoms with Crippen molar-refractivity contribution in [3.63, 3.8) is 0 Å². The van der Waals surface area contributed by atoms with Gasteiger partial charge in [0.25, 0.3) is 5.91 Å². The third-order valence-electron chi connectivity index (χ3n) is 1.29. The van der Waals surface area contributed by atoms with Gasteiger partial charge in [0, 0.05) is 6.07 Å². The third kappa shape index (κ3) is 2.07. The number of rotatable bonds is 2. The molecule has 0 unspecified atom stereocenters. The Bertz CT molecular complexity index is 415. The fourth-order valence-corrected chi connectivity index (χ4v) is 0.719. The molecule has 7 heteroatoms. The molecule has 0 saturated heterocycles. The minimum atomic E-state index is -0.844. The van der Waals surface area contributed by atoms with E-state index in [1.54, 1.807) is 6.92 Å². The lowest BCUT2D eigenvalue weighted by Crippen LogP contribution is -2.21. The lowest BCUT2D eigenvalue weighted by molar-refractivity contribution is -0.110. The SMILES string of the molecule is Cc1cc(NC(=O)C(C#N)=NO)no1. The normalized spacial score (nSPS) is 10.7. The van der Waals surface area contributed by atoms with Gasteiger partial charge in [0.1, 0.15) is 11.8 Å². The molecule has 2 N–H and O–H groups in total. The van der Waals surface area contributed by atoms with Crippen molar-refractivity contribution in [1.29, 1.82) is 5.26 Å². The summed E-state index contributed by atoms with van der Waals surface area (Å²) in [4.78, 5) is 11.1. The second kappa shape index (κ2) is 4.04. The van der Waals surface area contributed by atoms with Gasteiger partial charge in [0.05, 0.1) is 0 Å². The molecule has 0 aliphatic carbocycles. The fourth-order valence-electron chi connectivity index (χ4n) is 0.719. The maximum absolute atomic E-state index is 11.1. The second-order valence-electron chi connectivity index (χ2n) is 2.34. The van der Waals surface area contributed by atoms with Gasteiger partial charge in [-0.3, -0.25) is 4.79 Å². The number of amides is 1. The number of carbonyl (C=O) groups excluding carboxylic acids is 1. The Kier molecular flexibility index (Phi) is 2.81. The van der Waals surface area contributed by atoms with Crippen molar-refractivity contribution in [2.24, 2.45) is 5.16 Å². The standard InChI is InChI=1S/C7H6N4O3/c1-4-2-6(11-14-4)9-7(12)5(3-8)10-13/h2,13H,1H3,(H,9,11,12). The number of nitrogens with zero attached hydrogens (tertiary/aromatic N) is 3. The number of anilines is 1. The van der Waals surface area contributed by atoms with Gasteiger partial charge < -0.3 is 15.0 Å². The summed E-state index contributed by atoms with van der Waals surface area (Å²) in [5.74, 6) is -0.174. The topological polar surface area (TPSA) is 112 Å². The summed E-state index contributed by atoms with van der Waals surface area (Å²) in [7, 11) is 0. The van der Waals surface area contributed by atoms with Crippen LogP contribution >= 0.6 is 0 Å². The highest BCUT2D eigenvalue weighted by atomic mass is 16.5. The molecule has 1 heterocycles. The molecule has 1 rings (SSSR count).